The van der Waals surface area contributed by atoms with Crippen LogP contribution in [0.25, 0.3) is 5.57 Å². The van der Waals surface area contributed by atoms with Crippen LogP contribution >= 0.6 is 0 Å². The summed E-state index contributed by atoms with van der Waals surface area (Å²) in [5.41, 5.74) is 1.75. The van der Waals surface area contributed by atoms with Gasteiger partial charge in [-0.25, -0.2) is 4.79 Å². The zero-order chi connectivity index (χ0) is 12.3. The summed E-state index contributed by atoms with van der Waals surface area (Å²) in [4.78, 5) is 11.3. The van der Waals surface area contributed by atoms with E-state index in [0.29, 0.717) is 12.4 Å². The van der Waals surface area contributed by atoms with E-state index < -0.39 is 0 Å². The van der Waals surface area contributed by atoms with Crippen LogP contribution < -0.4 is 9.47 Å². The molecule has 0 unspecified atom stereocenters. The van der Waals surface area contributed by atoms with Crippen molar-refractivity contribution < 1.29 is 19.0 Å². The number of fused-ring (bicyclic) bond motifs is 1. The standard InChI is InChI=1S/C13H14O4/c1-3-15-13(14)6-9(2)10-4-5-11-12(7-10)17-8-16-11/h4-7H,3,8H2,1-2H3/b9-6+. The molecule has 0 aromatic heterocycles. The van der Waals surface area contributed by atoms with E-state index in [1.165, 1.54) is 6.08 Å². The third-order valence-electron chi connectivity index (χ3n) is 2.45. The number of carbonyl (C=O) groups is 1. The van der Waals surface area contributed by atoms with E-state index in [2.05, 4.69) is 0 Å². The molecule has 0 saturated carbocycles. The second kappa shape index (κ2) is 4.91. The molecule has 2 rings (SSSR count). The molecule has 1 aromatic carbocycles. The third-order valence-corrected chi connectivity index (χ3v) is 2.45. The van der Waals surface area contributed by atoms with Crippen molar-refractivity contribution in [2.24, 2.45) is 0 Å². The molecule has 4 heteroatoms. The van der Waals surface area contributed by atoms with Gasteiger partial charge < -0.3 is 14.2 Å². The lowest BCUT2D eigenvalue weighted by Crippen LogP contribution is -2.00. The summed E-state index contributed by atoms with van der Waals surface area (Å²) in [6, 6.07) is 5.58. The van der Waals surface area contributed by atoms with Crippen LogP contribution in [-0.4, -0.2) is 19.4 Å². The topological polar surface area (TPSA) is 44.8 Å². The fraction of sp³-hybridized carbons (Fsp3) is 0.308. The van der Waals surface area contributed by atoms with Crippen molar-refractivity contribution in [3.63, 3.8) is 0 Å². The highest BCUT2D eigenvalue weighted by Gasteiger charge is 2.13. The third kappa shape index (κ3) is 2.58. The highest BCUT2D eigenvalue weighted by Crippen LogP contribution is 2.34. The first-order chi connectivity index (χ1) is 8.20. The summed E-state index contributed by atoms with van der Waals surface area (Å²) in [5.74, 6) is 1.11. The zero-order valence-corrected chi connectivity index (χ0v) is 9.86. The predicted octanol–water partition coefficient (Wildman–Crippen LogP) is 2.38. The smallest absolute Gasteiger partial charge is 0.331 e. The number of ether oxygens (including phenoxy) is 3. The predicted molar refractivity (Wildman–Crippen MR) is 62.8 cm³/mol. The molecule has 0 N–H and O–H groups in total. The van der Waals surface area contributed by atoms with Crippen molar-refractivity contribution in [3.8, 4) is 11.5 Å². The second-order valence-corrected chi connectivity index (χ2v) is 3.65. The van der Waals surface area contributed by atoms with Gasteiger partial charge in [-0.3, -0.25) is 0 Å². The van der Waals surface area contributed by atoms with E-state index in [1.807, 2.05) is 25.1 Å². The van der Waals surface area contributed by atoms with Gasteiger partial charge in [0, 0.05) is 6.08 Å². The Kier molecular flexibility index (Phi) is 3.32. The fourth-order valence-corrected chi connectivity index (χ4v) is 1.59. The number of carbonyl (C=O) groups excluding carboxylic acids is 1. The van der Waals surface area contributed by atoms with E-state index in [9.17, 15) is 4.79 Å². The van der Waals surface area contributed by atoms with Crippen molar-refractivity contribution >= 4 is 11.5 Å². The molecule has 0 saturated heterocycles. The van der Waals surface area contributed by atoms with E-state index >= 15 is 0 Å². The minimum atomic E-state index is -0.331. The van der Waals surface area contributed by atoms with Gasteiger partial charge in [0.2, 0.25) is 6.79 Å². The summed E-state index contributed by atoms with van der Waals surface area (Å²) >= 11 is 0. The van der Waals surface area contributed by atoms with Gasteiger partial charge in [0.15, 0.2) is 11.5 Å². The number of rotatable bonds is 3. The van der Waals surface area contributed by atoms with Crippen LogP contribution in [0.3, 0.4) is 0 Å². The number of hydrogen-bond acceptors (Lipinski definition) is 4. The Morgan fingerprint density at radius 3 is 2.94 bits per heavy atom. The molecule has 0 radical (unpaired) electrons. The van der Waals surface area contributed by atoms with Gasteiger partial charge in [0.05, 0.1) is 6.61 Å². The lowest BCUT2D eigenvalue weighted by atomic mass is 10.1. The van der Waals surface area contributed by atoms with Gasteiger partial charge in [-0.2, -0.15) is 0 Å². The molecular weight excluding hydrogens is 220 g/mol. The van der Waals surface area contributed by atoms with Gasteiger partial charge >= 0.3 is 5.97 Å². The minimum Gasteiger partial charge on any atom is -0.463 e. The van der Waals surface area contributed by atoms with Crippen LogP contribution in [-0.2, 0) is 9.53 Å². The maximum Gasteiger partial charge on any atom is 0.331 e. The van der Waals surface area contributed by atoms with Gasteiger partial charge in [-0.15, -0.1) is 0 Å². The van der Waals surface area contributed by atoms with E-state index in [0.717, 1.165) is 16.9 Å². The van der Waals surface area contributed by atoms with Gasteiger partial charge in [0.25, 0.3) is 0 Å². The van der Waals surface area contributed by atoms with Gasteiger partial charge in [0.1, 0.15) is 0 Å². The van der Waals surface area contributed by atoms with Crippen LogP contribution in [0.15, 0.2) is 24.3 Å². The number of hydrogen-bond donors (Lipinski definition) is 0. The van der Waals surface area contributed by atoms with Crippen LogP contribution in [0, 0.1) is 0 Å². The number of allylic oxidation sites excluding steroid dienone is 1. The van der Waals surface area contributed by atoms with E-state index in [1.54, 1.807) is 6.92 Å². The molecule has 0 bridgehead atoms. The first kappa shape index (κ1) is 11.5. The summed E-state index contributed by atoms with van der Waals surface area (Å²) in [5, 5.41) is 0. The largest absolute Gasteiger partial charge is 0.463 e. The molecule has 1 aromatic rings. The molecule has 17 heavy (non-hydrogen) atoms. The Morgan fingerprint density at radius 2 is 2.18 bits per heavy atom. The highest BCUT2D eigenvalue weighted by molar-refractivity contribution is 5.91. The lowest BCUT2D eigenvalue weighted by Gasteiger charge is -2.03. The first-order valence-corrected chi connectivity index (χ1v) is 5.46. The van der Waals surface area contributed by atoms with Crippen molar-refractivity contribution in [1.29, 1.82) is 0 Å². The van der Waals surface area contributed by atoms with Crippen molar-refractivity contribution in [3.05, 3.63) is 29.8 Å². The Hall–Kier alpha value is -1.97. The van der Waals surface area contributed by atoms with Crippen molar-refractivity contribution in [2.75, 3.05) is 13.4 Å². The highest BCUT2D eigenvalue weighted by atomic mass is 16.7. The monoisotopic (exact) mass is 234 g/mol. The first-order valence-electron chi connectivity index (χ1n) is 5.46. The molecule has 1 heterocycles. The molecule has 0 atom stereocenters. The molecule has 1 aliphatic rings. The Labute approximate surface area is 99.8 Å². The molecule has 0 aliphatic carbocycles. The molecular formula is C13H14O4. The average Bonchev–Trinajstić information content (AvgIpc) is 2.75. The summed E-state index contributed by atoms with van der Waals surface area (Å²) in [7, 11) is 0. The zero-order valence-electron chi connectivity index (χ0n) is 9.86. The summed E-state index contributed by atoms with van der Waals surface area (Å²) in [6.07, 6.45) is 1.47. The van der Waals surface area contributed by atoms with Crippen LogP contribution in [0.5, 0.6) is 11.5 Å². The lowest BCUT2D eigenvalue weighted by molar-refractivity contribution is -0.137. The quantitative estimate of drug-likeness (QED) is 0.595. The molecule has 0 amide bonds. The van der Waals surface area contributed by atoms with Gasteiger partial charge in [-0.1, -0.05) is 6.07 Å². The summed E-state index contributed by atoms with van der Waals surface area (Å²) < 4.78 is 15.4. The SMILES string of the molecule is CCOC(=O)/C=C(\C)c1ccc2c(c1)OCO2. The van der Waals surface area contributed by atoms with Crippen LogP contribution in [0.2, 0.25) is 0 Å². The van der Waals surface area contributed by atoms with Crippen molar-refractivity contribution in [2.45, 2.75) is 13.8 Å². The number of benzene rings is 1. The van der Waals surface area contributed by atoms with Crippen molar-refractivity contribution in [1.82, 2.24) is 0 Å². The van der Waals surface area contributed by atoms with Gasteiger partial charge in [-0.05, 0) is 37.1 Å². The van der Waals surface area contributed by atoms with Crippen LogP contribution in [0.1, 0.15) is 19.4 Å². The molecule has 0 fully saturated rings. The Bertz CT molecular complexity index is 462. The summed E-state index contributed by atoms with van der Waals surface area (Å²) in [6.45, 7) is 4.26. The molecule has 0 spiro atoms. The number of esters is 1. The van der Waals surface area contributed by atoms with Crippen LogP contribution in [0.4, 0.5) is 0 Å². The second-order valence-electron chi connectivity index (χ2n) is 3.65. The van der Waals surface area contributed by atoms with E-state index in [4.69, 9.17) is 14.2 Å². The average molecular weight is 234 g/mol. The fourth-order valence-electron chi connectivity index (χ4n) is 1.59. The maximum atomic E-state index is 11.3. The minimum absolute atomic E-state index is 0.249. The Balaban J connectivity index is 2.19. The normalized spacial score (nSPS) is 13.6. The molecule has 90 valence electrons. The van der Waals surface area contributed by atoms with E-state index in [-0.39, 0.29) is 12.8 Å². The maximum absolute atomic E-state index is 11.3. The molecule has 1 aliphatic heterocycles. The molecule has 4 nitrogen and oxygen atoms in total. The Morgan fingerprint density at radius 1 is 1.41 bits per heavy atom.